The van der Waals surface area contributed by atoms with Crippen molar-refractivity contribution in [3.8, 4) is 0 Å². The van der Waals surface area contributed by atoms with Crippen LogP contribution in [0.15, 0.2) is 12.1 Å². The van der Waals surface area contributed by atoms with Crippen molar-refractivity contribution >= 4 is 11.5 Å². The van der Waals surface area contributed by atoms with E-state index >= 15 is 0 Å². The highest BCUT2D eigenvalue weighted by molar-refractivity contribution is 5.44. The lowest BCUT2D eigenvalue weighted by Gasteiger charge is -2.15. The van der Waals surface area contributed by atoms with Gasteiger partial charge in [-0.05, 0) is 38.9 Å². The van der Waals surface area contributed by atoms with Gasteiger partial charge in [-0.15, -0.1) is 0 Å². The lowest BCUT2D eigenvalue weighted by atomic mass is 10.3. The van der Waals surface area contributed by atoms with Gasteiger partial charge in [-0.25, -0.2) is 4.98 Å². The number of aryl methyl sites for hydroxylation is 1. The van der Waals surface area contributed by atoms with Crippen LogP contribution < -0.4 is 5.32 Å². The number of likely N-dealkylation sites (tertiary alicyclic amines) is 1. The number of nitro groups is 1. The van der Waals surface area contributed by atoms with E-state index < -0.39 is 4.92 Å². The van der Waals surface area contributed by atoms with Gasteiger partial charge in [0.25, 0.3) is 5.69 Å². The fourth-order valence-electron chi connectivity index (χ4n) is 2.19. The van der Waals surface area contributed by atoms with Crippen LogP contribution in [0.1, 0.15) is 18.5 Å². The van der Waals surface area contributed by atoms with Crippen LogP contribution in [0.2, 0.25) is 0 Å². The Balaban J connectivity index is 1.85. The molecule has 2 rings (SSSR count). The Morgan fingerprint density at radius 2 is 2.17 bits per heavy atom. The van der Waals surface area contributed by atoms with E-state index in [4.69, 9.17) is 0 Å². The molecule has 1 aromatic heterocycles. The average Bonchev–Trinajstić information content (AvgIpc) is 2.81. The number of pyridine rings is 1. The predicted octanol–water partition coefficient (Wildman–Crippen LogP) is 1.81. The molecule has 98 valence electrons. The maximum atomic E-state index is 10.7. The van der Waals surface area contributed by atoms with Gasteiger partial charge in [0, 0.05) is 19.2 Å². The van der Waals surface area contributed by atoms with Gasteiger partial charge in [-0.1, -0.05) is 0 Å². The molecule has 0 aliphatic carbocycles. The zero-order valence-corrected chi connectivity index (χ0v) is 10.6. The summed E-state index contributed by atoms with van der Waals surface area (Å²) in [6.07, 6.45) is 2.57. The predicted molar refractivity (Wildman–Crippen MR) is 69.8 cm³/mol. The zero-order chi connectivity index (χ0) is 13.0. The number of nitrogens with zero attached hydrogens (tertiary/aromatic N) is 3. The SMILES string of the molecule is Cc1nc(NCCN2CCCC2)ccc1[N+](=O)[O-]. The molecule has 1 saturated heterocycles. The molecule has 0 saturated carbocycles. The molecule has 1 aliphatic rings. The first kappa shape index (κ1) is 12.8. The molecule has 0 amide bonds. The second kappa shape index (κ2) is 5.77. The van der Waals surface area contributed by atoms with Gasteiger partial charge in [0.15, 0.2) is 0 Å². The van der Waals surface area contributed by atoms with Crippen LogP contribution in [0.25, 0.3) is 0 Å². The molecule has 6 heteroatoms. The second-order valence-electron chi connectivity index (χ2n) is 4.53. The Hall–Kier alpha value is -1.69. The maximum absolute atomic E-state index is 10.7. The Morgan fingerprint density at radius 3 is 2.78 bits per heavy atom. The fourth-order valence-corrected chi connectivity index (χ4v) is 2.19. The van der Waals surface area contributed by atoms with Crippen LogP contribution in [0.3, 0.4) is 0 Å². The van der Waals surface area contributed by atoms with Crippen LogP contribution in [0.4, 0.5) is 11.5 Å². The Bertz CT molecular complexity index is 430. The summed E-state index contributed by atoms with van der Waals surface area (Å²) in [6.45, 7) is 5.83. The topological polar surface area (TPSA) is 71.3 Å². The number of nitrogens with one attached hydrogen (secondary N) is 1. The highest BCUT2D eigenvalue weighted by Gasteiger charge is 2.12. The standard InChI is InChI=1S/C12H18N4O2/c1-10-11(16(17)18)4-5-12(14-10)13-6-9-15-7-2-3-8-15/h4-5H,2-3,6-9H2,1H3,(H,13,14). The molecule has 2 heterocycles. The number of anilines is 1. The summed E-state index contributed by atoms with van der Waals surface area (Å²) in [4.78, 5) is 16.8. The van der Waals surface area contributed by atoms with Crippen molar-refractivity contribution in [3.05, 3.63) is 27.9 Å². The second-order valence-corrected chi connectivity index (χ2v) is 4.53. The average molecular weight is 250 g/mol. The molecule has 0 radical (unpaired) electrons. The highest BCUT2D eigenvalue weighted by Crippen LogP contribution is 2.17. The minimum absolute atomic E-state index is 0.0695. The van der Waals surface area contributed by atoms with Gasteiger partial charge < -0.3 is 10.2 Å². The summed E-state index contributed by atoms with van der Waals surface area (Å²) in [5.41, 5.74) is 0.520. The van der Waals surface area contributed by atoms with E-state index in [-0.39, 0.29) is 5.69 Å². The maximum Gasteiger partial charge on any atom is 0.290 e. The molecule has 1 fully saturated rings. The van der Waals surface area contributed by atoms with E-state index in [1.54, 1.807) is 13.0 Å². The van der Waals surface area contributed by atoms with Gasteiger partial charge in [-0.2, -0.15) is 0 Å². The van der Waals surface area contributed by atoms with Gasteiger partial charge in [0.05, 0.1) is 4.92 Å². The summed E-state index contributed by atoms with van der Waals surface area (Å²) < 4.78 is 0. The minimum Gasteiger partial charge on any atom is -0.369 e. The molecular weight excluding hydrogens is 232 g/mol. The third kappa shape index (κ3) is 3.16. The molecule has 0 atom stereocenters. The van der Waals surface area contributed by atoms with E-state index in [1.165, 1.54) is 32.0 Å². The van der Waals surface area contributed by atoms with Crippen LogP contribution >= 0.6 is 0 Å². The van der Waals surface area contributed by atoms with Crippen molar-refractivity contribution in [2.75, 3.05) is 31.5 Å². The quantitative estimate of drug-likeness (QED) is 0.637. The summed E-state index contributed by atoms with van der Waals surface area (Å²) >= 11 is 0. The molecular formula is C12H18N4O2. The third-order valence-electron chi connectivity index (χ3n) is 3.19. The summed E-state index contributed by atoms with van der Waals surface area (Å²) in [6, 6.07) is 3.16. The van der Waals surface area contributed by atoms with Crippen LogP contribution in [0, 0.1) is 17.0 Å². The molecule has 0 unspecified atom stereocenters. The lowest BCUT2D eigenvalue weighted by molar-refractivity contribution is -0.385. The number of aromatic nitrogens is 1. The van der Waals surface area contributed by atoms with Crippen molar-refractivity contribution in [3.63, 3.8) is 0 Å². The van der Waals surface area contributed by atoms with Crippen molar-refractivity contribution in [2.24, 2.45) is 0 Å². The van der Waals surface area contributed by atoms with Crippen LogP contribution in [0.5, 0.6) is 0 Å². The first-order valence-electron chi connectivity index (χ1n) is 6.25. The normalized spacial score (nSPS) is 15.8. The highest BCUT2D eigenvalue weighted by atomic mass is 16.6. The van der Waals surface area contributed by atoms with E-state index in [0.29, 0.717) is 11.5 Å². The molecule has 1 aliphatic heterocycles. The van der Waals surface area contributed by atoms with E-state index in [2.05, 4.69) is 15.2 Å². The minimum atomic E-state index is -0.406. The number of hydrogen-bond donors (Lipinski definition) is 1. The van der Waals surface area contributed by atoms with Crippen molar-refractivity contribution in [1.29, 1.82) is 0 Å². The number of rotatable bonds is 5. The summed E-state index contributed by atoms with van der Waals surface area (Å²) in [5.74, 6) is 0.706. The van der Waals surface area contributed by atoms with Crippen molar-refractivity contribution < 1.29 is 4.92 Å². The van der Waals surface area contributed by atoms with E-state index in [9.17, 15) is 10.1 Å². The molecule has 1 aromatic rings. The fraction of sp³-hybridized carbons (Fsp3) is 0.583. The third-order valence-corrected chi connectivity index (χ3v) is 3.19. The van der Waals surface area contributed by atoms with Crippen LogP contribution in [-0.2, 0) is 0 Å². The lowest BCUT2D eigenvalue weighted by Crippen LogP contribution is -2.26. The van der Waals surface area contributed by atoms with E-state index in [0.717, 1.165) is 13.1 Å². The summed E-state index contributed by atoms with van der Waals surface area (Å²) in [5, 5.41) is 13.9. The van der Waals surface area contributed by atoms with E-state index in [1.807, 2.05) is 0 Å². The number of hydrogen-bond acceptors (Lipinski definition) is 5. The molecule has 18 heavy (non-hydrogen) atoms. The van der Waals surface area contributed by atoms with Crippen molar-refractivity contribution in [1.82, 2.24) is 9.88 Å². The van der Waals surface area contributed by atoms with Crippen LogP contribution in [-0.4, -0.2) is 41.0 Å². The molecule has 1 N–H and O–H groups in total. The largest absolute Gasteiger partial charge is 0.369 e. The monoisotopic (exact) mass is 250 g/mol. The first-order valence-corrected chi connectivity index (χ1v) is 6.25. The molecule has 6 nitrogen and oxygen atoms in total. The Kier molecular flexibility index (Phi) is 4.09. The van der Waals surface area contributed by atoms with Crippen molar-refractivity contribution in [2.45, 2.75) is 19.8 Å². The molecule has 0 aromatic carbocycles. The molecule has 0 spiro atoms. The summed E-state index contributed by atoms with van der Waals surface area (Å²) in [7, 11) is 0. The Morgan fingerprint density at radius 1 is 1.44 bits per heavy atom. The van der Waals surface area contributed by atoms with Gasteiger partial charge >= 0.3 is 0 Å². The zero-order valence-electron chi connectivity index (χ0n) is 10.6. The van der Waals surface area contributed by atoms with Gasteiger partial charge in [-0.3, -0.25) is 10.1 Å². The first-order chi connectivity index (χ1) is 8.66. The van der Waals surface area contributed by atoms with Gasteiger partial charge in [0.1, 0.15) is 11.5 Å². The smallest absolute Gasteiger partial charge is 0.290 e. The molecule has 0 bridgehead atoms. The van der Waals surface area contributed by atoms with Gasteiger partial charge in [0.2, 0.25) is 0 Å². The Labute approximate surface area is 106 Å².